The third kappa shape index (κ3) is 3.52. The predicted molar refractivity (Wildman–Crippen MR) is 56.0 cm³/mol. The fourth-order valence-corrected chi connectivity index (χ4v) is 1.12. The zero-order chi connectivity index (χ0) is 11.1. The molecule has 0 spiro atoms. The molecule has 0 radical (unpaired) electrons. The highest BCUT2D eigenvalue weighted by Gasteiger charge is 2.04. The zero-order valence-electron chi connectivity index (χ0n) is 8.53. The summed E-state index contributed by atoms with van der Waals surface area (Å²) in [6.45, 7) is 0.930. The Morgan fingerprint density at radius 1 is 1.53 bits per heavy atom. The number of hydrogen-bond donors (Lipinski definition) is 1. The van der Waals surface area contributed by atoms with E-state index in [9.17, 15) is 9.59 Å². The monoisotopic (exact) mass is 207 g/mol. The van der Waals surface area contributed by atoms with Crippen molar-refractivity contribution in [2.75, 3.05) is 20.3 Å². The second-order valence-electron chi connectivity index (χ2n) is 2.99. The van der Waals surface area contributed by atoms with Gasteiger partial charge in [-0.3, -0.25) is 9.59 Å². The Balaban J connectivity index is 2.61. The molecule has 0 saturated heterocycles. The van der Waals surface area contributed by atoms with Crippen molar-refractivity contribution in [3.8, 4) is 0 Å². The SMILES string of the molecule is COCCNC(=O)c1cccc(C=O)c1. The molecule has 0 aliphatic rings. The Hall–Kier alpha value is -1.68. The van der Waals surface area contributed by atoms with Crippen molar-refractivity contribution in [3.63, 3.8) is 0 Å². The van der Waals surface area contributed by atoms with E-state index in [0.29, 0.717) is 30.6 Å². The molecule has 0 saturated carbocycles. The fraction of sp³-hybridized carbons (Fsp3) is 0.273. The van der Waals surface area contributed by atoms with Gasteiger partial charge in [0.25, 0.3) is 5.91 Å². The molecule has 1 rings (SSSR count). The number of benzene rings is 1. The van der Waals surface area contributed by atoms with Crippen LogP contribution in [-0.4, -0.2) is 32.5 Å². The van der Waals surface area contributed by atoms with Crippen LogP contribution < -0.4 is 5.32 Å². The van der Waals surface area contributed by atoms with Crippen LogP contribution in [0.1, 0.15) is 20.7 Å². The minimum Gasteiger partial charge on any atom is -0.383 e. The summed E-state index contributed by atoms with van der Waals surface area (Å²) < 4.78 is 4.80. The smallest absolute Gasteiger partial charge is 0.251 e. The highest BCUT2D eigenvalue weighted by Crippen LogP contribution is 2.02. The lowest BCUT2D eigenvalue weighted by Gasteiger charge is -2.04. The maximum Gasteiger partial charge on any atom is 0.251 e. The maximum absolute atomic E-state index is 11.5. The fourth-order valence-electron chi connectivity index (χ4n) is 1.12. The van der Waals surface area contributed by atoms with Crippen LogP contribution in [0.2, 0.25) is 0 Å². The third-order valence-corrected chi connectivity index (χ3v) is 1.88. The number of amides is 1. The molecule has 0 atom stereocenters. The number of nitrogens with one attached hydrogen (secondary N) is 1. The summed E-state index contributed by atoms with van der Waals surface area (Å²) in [6, 6.07) is 6.54. The Labute approximate surface area is 88.2 Å². The van der Waals surface area contributed by atoms with Crippen LogP contribution in [0.5, 0.6) is 0 Å². The van der Waals surface area contributed by atoms with E-state index in [1.165, 1.54) is 0 Å². The van der Waals surface area contributed by atoms with E-state index in [-0.39, 0.29) is 5.91 Å². The lowest BCUT2D eigenvalue weighted by atomic mass is 10.1. The second kappa shape index (κ2) is 5.93. The maximum atomic E-state index is 11.5. The molecule has 1 N–H and O–H groups in total. The first-order chi connectivity index (χ1) is 7.27. The van der Waals surface area contributed by atoms with Crippen molar-refractivity contribution in [1.82, 2.24) is 5.32 Å². The summed E-state index contributed by atoms with van der Waals surface area (Å²) in [4.78, 5) is 22.0. The lowest BCUT2D eigenvalue weighted by molar-refractivity contribution is 0.0937. The minimum absolute atomic E-state index is 0.198. The summed E-state index contributed by atoms with van der Waals surface area (Å²) in [6.07, 6.45) is 0.714. The molecule has 4 heteroatoms. The van der Waals surface area contributed by atoms with E-state index in [1.54, 1.807) is 31.4 Å². The Morgan fingerprint density at radius 3 is 3.00 bits per heavy atom. The quantitative estimate of drug-likeness (QED) is 0.576. The van der Waals surface area contributed by atoms with E-state index in [2.05, 4.69) is 5.32 Å². The third-order valence-electron chi connectivity index (χ3n) is 1.88. The van der Waals surface area contributed by atoms with Gasteiger partial charge in [0.1, 0.15) is 6.29 Å². The van der Waals surface area contributed by atoms with Crippen LogP contribution in [0, 0.1) is 0 Å². The van der Waals surface area contributed by atoms with Gasteiger partial charge in [-0.1, -0.05) is 12.1 Å². The van der Waals surface area contributed by atoms with Crippen LogP contribution in [0.25, 0.3) is 0 Å². The van der Waals surface area contributed by atoms with Crippen molar-refractivity contribution in [1.29, 1.82) is 0 Å². The molecule has 15 heavy (non-hydrogen) atoms. The van der Waals surface area contributed by atoms with E-state index < -0.39 is 0 Å². The first kappa shape index (κ1) is 11.4. The van der Waals surface area contributed by atoms with Gasteiger partial charge in [-0.05, 0) is 12.1 Å². The molecular weight excluding hydrogens is 194 g/mol. The van der Waals surface area contributed by atoms with Crippen molar-refractivity contribution in [3.05, 3.63) is 35.4 Å². The topological polar surface area (TPSA) is 55.4 Å². The molecule has 0 aliphatic carbocycles. The summed E-state index contributed by atoms with van der Waals surface area (Å²) in [5.41, 5.74) is 0.977. The lowest BCUT2D eigenvalue weighted by Crippen LogP contribution is -2.26. The van der Waals surface area contributed by atoms with Crippen LogP contribution >= 0.6 is 0 Å². The van der Waals surface area contributed by atoms with E-state index in [0.717, 1.165) is 0 Å². The molecule has 1 aromatic carbocycles. The number of ether oxygens (including phenoxy) is 1. The molecule has 0 heterocycles. The summed E-state index contributed by atoms with van der Waals surface area (Å²) in [7, 11) is 1.57. The van der Waals surface area contributed by atoms with Crippen LogP contribution in [-0.2, 0) is 4.74 Å². The number of carbonyl (C=O) groups excluding carboxylic acids is 2. The Kier molecular flexibility index (Phi) is 4.50. The van der Waals surface area contributed by atoms with Gasteiger partial charge in [0.15, 0.2) is 0 Å². The van der Waals surface area contributed by atoms with Gasteiger partial charge < -0.3 is 10.1 Å². The number of methoxy groups -OCH3 is 1. The Morgan fingerprint density at radius 2 is 2.33 bits per heavy atom. The molecule has 0 bridgehead atoms. The molecule has 1 aromatic rings. The highest BCUT2D eigenvalue weighted by molar-refractivity contribution is 5.95. The highest BCUT2D eigenvalue weighted by atomic mass is 16.5. The molecule has 0 aromatic heterocycles. The molecule has 80 valence electrons. The molecule has 1 amide bonds. The van der Waals surface area contributed by atoms with Gasteiger partial charge in [-0.2, -0.15) is 0 Å². The van der Waals surface area contributed by atoms with E-state index in [4.69, 9.17) is 4.74 Å². The van der Waals surface area contributed by atoms with Crippen molar-refractivity contribution in [2.24, 2.45) is 0 Å². The van der Waals surface area contributed by atoms with Gasteiger partial charge in [-0.15, -0.1) is 0 Å². The summed E-state index contributed by atoms with van der Waals surface area (Å²) in [5.74, 6) is -0.198. The Bertz CT molecular complexity index is 349. The average Bonchev–Trinajstić information content (AvgIpc) is 2.29. The van der Waals surface area contributed by atoms with E-state index in [1.807, 2.05) is 0 Å². The number of hydrogen-bond acceptors (Lipinski definition) is 3. The second-order valence-corrected chi connectivity index (χ2v) is 2.99. The standard InChI is InChI=1S/C11H13NO3/c1-15-6-5-12-11(14)10-4-2-3-9(7-10)8-13/h2-4,7-8H,5-6H2,1H3,(H,12,14). The summed E-state index contributed by atoms with van der Waals surface area (Å²) >= 11 is 0. The van der Waals surface area contributed by atoms with Gasteiger partial charge in [0.2, 0.25) is 0 Å². The first-order valence-electron chi connectivity index (χ1n) is 4.60. The van der Waals surface area contributed by atoms with Crippen LogP contribution in [0.15, 0.2) is 24.3 Å². The largest absolute Gasteiger partial charge is 0.383 e. The van der Waals surface area contributed by atoms with Gasteiger partial charge in [0, 0.05) is 24.8 Å². The summed E-state index contributed by atoms with van der Waals surface area (Å²) in [5, 5.41) is 2.67. The number of rotatable bonds is 5. The van der Waals surface area contributed by atoms with Crippen molar-refractivity contribution in [2.45, 2.75) is 0 Å². The molecule has 0 fully saturated rings. The van der Waals surface area contributed by atoms with Crippen molar-refractivity contribution < 1.29 is 14.3 Å². The van der Waals surface area contributed by atoms with Crippen molar-refractivity contribution >= 4 is 12.2 Å². The number of aldehydes is 1. The predicted octanol–water partition coefficient (Wildman–Crippen LogP) is 0.875. The molecule has 0 aliphatic heterocycles. The number of carbonyl (C=O) groups is 2. The van der Waals surface area contributed by atoms with E-state index >= 15 is 0 Å². The van der Waals surface area contributed by atoms with Crippen LogP contribution in [0.3, 0.4) is 0 Å². The first-order valence-corrected chi connectivity index (χ1v) is 4.60. The van der Waals surface area contributed by atoms with Gasteiger partial charge >= 0.3 is 0 Å². The molecule has 0 unspecified atom stereocenters. The average molecular weight is 207 g/mol. The molecular formula is C11H13NO3. The van der Waals surface area contributed by atoms with Gasteiger partial charge in [-0.25, -0.2) is 0 Å². The minimum atomic E-state index is -0.198. The normalized spacial score (nSPS) is 9.67. The van der Waals surface area contributed by atoms with Gasteiger partial charge in [0.05, 0.1) is 6.61 Å². The van der Waals surface area contributed by atoms with Crippen LogP contribution in [0.4, 0.5) is 0 Å². The zero-order valence-corrected chi connectivity index (χ0v) is 8.53. The molecule has 4 nitrogen and oxygen atoms in total.